The van der Waals surface area contributed by atoms with Crippen molar-refractivity contribution in [3.8, 4) is 6.07 Å². The highest BCUT2D eigenvalue weighted by Crippen LogP contribution is 2.26. The number of rotatable bonds is 3. The molecule has 0 saturated heterocycles. The van der Waals surface area contributed by atoms with Crippen LogP contribution in [0.15, 0.2) is 6.20 Å². The third kappa shape index (κ3) is 2.42. The fourth-order valence-corrected chi connectivity index (χ4v) is 1.59. The van der Waals surface area contributed by atoms with Crippen LogP contribution in [0.5, 0.6) is 0 Å². The molecule has 1 heterocycles. The molecule has 0 aliphatic heterocycles. The molecule has 0 radical (unpaired) electrons. The zero-order chi connectivity index (χ0) is 11.4. The molecule has 2 nitrogen and oxygen atoms in total. The predicted octanol–water partition coefficient (Wildman–Crippen LogP) is 3.13. The largest absolute Gasteiger partial charge is 0.265 e. The fraction of sp³-hybridized carbons (Fsp3) is 0.400. The summed E-state index contributed by atoms with van der Waals surface area (Å²) in [5.41, 5.74) is 1.30. The maximum Gasteiger partial charge on any atom is 0.265 e. The first-order valence-electron chi connectivity index (χ1n) is 4.30. The summed E-state index contributed by atoms with van der Waals surface area (Å²) in [7, 11) is 0. The van der Waals surface area contributed by atoms with Crippen LogP contribution >= 0.6 is 11.6 Å². The molecule has 0 aromatic carbocycles. The summed E-state index contributed by atoms with van der Waals surface area (Å²) in [6.07, 6.45) is -1.39. The molecule has 15 heavy (non-hydrogen) atoms. The molecule has 1 aromatic rings. The zero-order valence-electron chi connectivity index (χ0n) is 8.10. The van der Waals surface area contributed by atoms with Crippen LogP contribution in [-0.4, -0.2) is 4.98 Å². The maximum absolute atomic E-state index is 12.5. The van der Waals surface area contributed by atoms with Gasteiger partial charge in [0.15, 0.2) is 0 Å². The van der Waals surface area contributed by atoms with Crippen molar-refractivity contribution < 1.29 is 8.78 Å². The van der Waals surface area contributed by atoms with Gasteiger partial charge in [-0.1, -0.05) is 0 Å². The molecule has 0 atom stereocenters. The Hall–Kier alpha value is -1.21. The lowest BCUT2D eigenvalue weighted by atomic mass is 10.0. The van der Waals surface area contributed by atoms with Gasteiger partial charge in [0.25, 0.3) is 6.43 Å². The van der Waals surface area contributed by atoms with E-state index in [-0.39, 0.29) is 17.9 Å². The van der Waals surface area contributed by atoms with Crippen molar-refractivity contribution in [1.29, 1.82) is 5.26 Å². The summed E-state index contributed by atoms with van der Waals surface area (Å²) >= 11 is 5.61. The Balaban J connectivity index is 3.30. The standard InChI is InChI=1S/C10H9ClF2N2/c1-6-7(2-3-14)9(4-11)15-5-8(6)10(12)13/h5,10H,2,4H2,1H3. The molecule has 0 fully saturated rings. The third-order valence-electron chi connectivity index (χ3n) is 2.21. The second-order valence-corrected chi connectivity index (χ2v) is 3.30. The van der Waals surface area contributed by atoms with Gasteiger partial charge in [-0.3, -0.25) is 4.98 Å². The quantitative estimate of drug-likeness (QED) is 0.748. The van der Waals surface area contributed by atoms with Crippen LogP contribution in [-0.2, 0) is 12.3 Å². The van der Waals surface area contributed by atoms with Gasteiger partial charge in [-0.2, -0.15) is 5.26 Å². The highest BCUT2D eigenvalue weighted by Gasteiger charge is 2.16. The molecule has 0 saturated carbocycles. The van der Waals surface area contributed by atoms with E-state index in [2.05, 4.69) is 4.98 Å². The summed E-state index contributed by atoms with van der Waals surface area (Å²) in [5, 5.41) is 8.59. The van der Waals surface area contributed by atoms with Gasteiger partial charge >= 0.3 is 0 Å². The minimum absolute atomic E-state index is 0.0570. The zero-order valence-corrected chi connectivity index (χ0v) is 8.85. The van der Waals surface area contributed by atoms with Gasteiger partial charge in [-0.25, -0.2) is 8.78 Å². The molecule has 0 aliphatic rings. The smallest absolute Gasteiger partial charge is 0.259 e. The monoisotopic (exact) mass is 230 g/mol. The lowest BCUT2D eigenvalue weighted by Gasteiger charge is -2.11. The van der Waals surface area contributed by atoms with Gasteiger partial charge in [0.05, 0.1) is 24.1 Å². The molecule has 0 aliphatic carbocycles. The van der Waals surface area contributed by atoms with Gasteiger partial charge in [0.2, 0.25) is 0 Å². The van der Waals surface area contributed by atoms with Gasteiger partial charge in [0.1, 0.15) is 0 Å². The number of halogens is 3. The van der Waals surface area contributed by atoms with Crippen LogP contribution in [0, 0.1) is 18.3 Å². The topological polar surface area (TPSA) is 36.7 Å². The Morgan fingerprint density at radius 3 is 2.73 bits per heavy atom. The molecule has 1 rings (SSSR count). The Kier molecular flexibility index (Phi) is 3.98. The molecule has 0 N–H and O–H groups in total. The number of alkyl halides is 3. The molecular weight excluding hydrogens is 222 g/mol. The fourth-order valence-electron chi connectivity index (χ4n) is 1.36. The van der Waals surface area contributed by atoms with Crippen molar-refractivity contribution in [3.05, 3.63) is 28.6 Å². The van der Waals surface area contributed by atoms with Crippen molar-refractivity contribution in [1.82, 2.24) is 4.98 Å². The first-order chi connectivity index (χ1) is 7.11. The number of hydrogen-bond acceptors (Lipinski definition) is 2. The van der Waals surface area contributed by atoms with Crippen molar-refractivity contribution in [2.24, 2.45) is 0 Å². The van der Waals surface area contributed by atoms with E-state index in [9.17, 15) is 8.78 Å². The molecule has 1 aromatic heterocycles. The van der Waals surface area contributed by atoms with Gasteiger partial charge < -0.3 is 0 Å². The van der Waals surface area contributed by atoms with Crippen LogP contribution in [0.3, 0.4) is 0 Å². The maximum atomic E-state index is 12.5. The van der Waals surface area contributed by atoms with E-state index in [0.717, 1.165) is 6.20 Å². The van der Waals surface area contributed by atoms with Crippen molar-refractivity contribution in [3.63, 3.8) is 0 Å². The van der Waals surface area contributed by atoms with Crippen LogP contribution in [0.4, 0.5) is 8.78 Å². The number of nitriles is 1. The molecule has 0 unspecified atom stereocenters. The Bertz CT molecular complexity index is 399. The van der Waals surface area contributed by atoms with Crippen LogP contribution in [0.2, 0.25) is 0 Å². The van der Waals surface area contributed by atoms with Crippen LogP contribution in [0.1, 0.15) is 28.8 Å². The molecular formula is C10H9ClF2N2. The van der Waals surface area contributed by atoms with Gasteiger partial charge in [0, 0.05) is 11.8 Å². The number of aromatic nitrogens is 1. The third-order valence-corrected chi connectivity index (χ3v) is 2.46. The van der Waals surface area contributed by atoms with Crippen LogP contribution in [0.25, 0.3) is 0 Å². The highest BCUT2D eigenvalue weighted by molar-refractivity contribution is 6.17. The molecule has 0 bridgehead atoms. The van der Waals surface area contributed by atoms with Crippen molar-refractivity contribution in [2.75, 3.05) is 0 Å². The highest BCUT2D eigenvalue weighted by atomic mass is 35.5. The van der Waals surface area contributed by atoms with E-state index >= 15 is 0 Å². The summed E-state index contributed by atoms with van der Waals surface area (Å²) in [5.74, 6) is 0.126. The predicted molar refractivity (Wildman–Crippen MR) is 52.8 cm³/mol. The van der Waals surface area contributed by atoms with Gasteiger partial charge in [-0.15, -0.1) is 11.6 Å². The van der Waals surface area contributed by atoms with Crippen molar-refractivity contribution >= 4 is 11.6 Å². The van der Waals surface area contributed by atoms with E-state index in [1.165, 1.54) is 0 Å². The average molecular weight is 231 g/mol. The number of hydrogen-bond donors (Lipinski definition) is 0. The summed E-state index contributed by atoms with van der Waals surface area (Å²) < 4.78 is 25.1. The molecule has 5 heteroatoms. The minimum Gasteiger partial charge on any atom is -0.259 e. The Morgan fingerprint density at radius 2 is 2.27 bits per heavy atom. The van der Waals surface area contributed by atoms with Crippen LogP contribution < -0.4 is 0 Å². The van der Waals surface area contributed by atoms with E-state index < -0.39 is 6.43 Å². The minimum atomic E-state index is -2.57. The van der Waals surface area contributed by atoms with E-state index in [0.29, 0.717) is 16.8 Å². The molecule has 0 amide bonds. The second-order valence-electron chi connectivity index (χ2n) is 3.03. The summed E-state index contributed by atoms with van der Waals surface area (Å²) in [6, 6.07) is 1.92. The SMILES string of the molecule is Cc1c(C(F)F)cnc(CCl)c1CC#N. The van der Waals surface area contributed by atoms with Gasteiger partial charge in [-0.05, 0) is 18.1 Å². The summed E-state index contributed by atoms with van der Waals surface area (Å²) in [6.45, 7) is 1.56. The van der Waals surface area contributed by atoms with E-state index in [1.807, 2.05) is 6.07 Å². The first kappa shape index (κ1) is 11.9. The van der Waals surface area contributed by atoms with E-state index in [4.69, 9.17) is 16.9 Å². The number of pyridine rings is 1. The van der Waals surface area contributed by atoms with Crippen molar-refractivity contribution in [2.45, 2.75) is 25.7 Å². The molecule has 80 valence electrons. The lowest BCUT2D eigenvalue weighted by Crippen LogP contribution is -2.03. The summed E-state index contributed by atoms with van der Waals surface area (Å²) in [4.78, 5) is 3.83. The first-order valence-corrected chi connectivity index (χ1v) is 4.83. The number of nitrogens with zero attached hydrogens (tertiary/aromatic N) is 2. The average Bonchev–Trinajstić information content (AvgIpc) is 2.20. The Labute approximate surface area is 91.5 Å². The molecule has 0 spiro atoms. The normalized spacial score (nSPS) is 10.4. The van der Waals surface area contributed by atoms with E-state index in [1.54, 1.807) is 6.92 Å². The lowest BCUT2D eigenvalue weighted by molar-refractivity contribution is 0.150. The second kappa shape index (κ2) is 5.04. The Morgan fingerprint density at radius 1 is 1.60 bits per heavy atom.